The maximum absolute atomic E-state index is 11.9. The van der Waals surface area contributed by atoms with Crippen molar-refractivity contribution in [2.75, 3.05) is 0 Å². The van der Waals surface area contributed by atoms with Gasteiger partial charge in [-0.2, -0.15) is 0 Å². The molecule has 204 valence electrons. The van der Waals surface area contributed by atoms with Gasteiger partial charge in [0.15, 0.2) is 0 Å². The van der Waals surface area contributed by atoms with Crippen molar-refractivity contribution in [3.05, 3.63) is 23.3 Å². The predicted octanol–water partition coefficient (Wildman–Crippen LogP) is 9.54. The molecular formula is C34H56O2. The molecule has 0 N–H and O–H groups in total. The van der Waals surface area contributed by atoms with E-state index in [1.54, 1.807) is 12.5 Å². The highest BCUT2D eigenvalue weighted by atomic mass is 16.5. The molecule has 3 unspecified atom stereocenters. The smallest absolute Gasteiger partial charge is 0.302 e. The Morgan fingerprint density at radius 1 is 1.03 bits per heavy atom. The summed E-state index contributed by atoms with van der Waals surface area (Å²) in [6, 6.07) is 0. The molecule has 8 atom stereocenters. The van der Waals surface area contributed by atoms with E-state index >= 15 is 0 Å². The third-order valence-electron chi connectivity index (χ3n) is 12.3. The Balaban J connectivity index is 1.63. The zero-order valence-electron chi connectivity index (χ0n) is 25.5. The Kier molecular flexibility index (Phi) is 7.00. The van der Waals surface area contributed by atoms with Crippen LogP contribution in [0.2, 0.25) is 0 Å². The number of allylic oxidation sites excluding steroid dienone is 4. The molecule has 0 aromatic heterocycles. The van der Waals surface area contributed by atoms with Crippen LogP contribution in [0.3, 0.4) is 0 Å². The molecule has 0 bridgehead atoms. The summed E-state index contributed by atoms with van der Waals surface area (Å²) in [5.41, 5.74) is 4.53. The van der Waals surface area contributed by atoms with Gasteiger partial charge < -0.3 is 4.74 Å². The van der Waals surface area contributed by atoms with Crippen molar-refractivity contribution >= 4 is 5.97 Å². The minimum Gasteiger partial charge on any atom is -0.462 e. The Bertz CT molecular complexity index is 933. The minimum absolute atomic E-state index is 0.0232. The summed E-state index contributed by atoms with van der Waals surface area (Å²) < 4.78 is 5.88. The van der Waals surface area contributed by atoms with Crippen LogP contribution < -0.4 is 0 Å². The highest BCUT2D eigenvalue weighted by Crippen LogP contribution is 2.73. The molecular weight excluding hydrogens is 440 g/mol. The second-order valence-electron chi connectivity index (χ2n) is 15.8. The molecule has 3 saturated carbocycles. The van der Waals surface area contributed by atoms with Crippen LogP contribution in [0.1, 0.15) is 128 Å². The second kappa shape index (κ2) is 9.01. The van der Waals surface area contributed by atoms with Gasteiger partial charge in [0, 0.05) is 12.3 Å². The van der Waals surface area contributed by atoms with Gasteiger partial charge in [0.2, 0.25) is 0 Å². The average molecular weight is 497 g/mol. The van der Waals surface area contributed by atoms with Gasteiger partial charge in [-0.1, -0.05) is 78.7 Å². The molecule has 0 radical (unpaired) electrons. The molecule has 0 amide bonds. The Morgan fingerprint density at radius 3 is 2.31 bits per heavy atom. The van der Waals surface area contributed by atoms with E-state index in [1.165, 1.54) is 44.1 Å². The number of esters is 1. The Hall–Kier alpha value is -1.05. The standard InChI is InChI=1S/C34H56O2/c1-22(2)20-30(5,6)21-23(3)25-14-18-34(11)27-12-13-28-31(7,8)29(36-24(4)35)16-17-32(28,9)26(27)15-19-33(25,34)10/h15,20,23,25,27-29H,12-14,16-19,21H2,1-11H3/t23-,25?,27?,28?,29-,32+,33+,34-/m0/s1. The summed E-state index contributed by atoms with van der Waals surface area (Å²) >= 11 is 0. The van der Waals surface area contributed by atoms with Crippen molar-refractivity contribution in [2.24, 2.45) is 50.7 Å². The molecule has 0 aliphatic heterocycles. The number of carbonyl (C=O) groups is 1. The number of carbonyl (C=O) groups excluding carboxylic acids is 1. The van der Waals surface area contributed by atoms with E-state index in [1.807, 2.05) is 0 Å². The predicted molar refractivity (Wildman–Crippen MR) is 152 cm³/mol. The first-order valence-corrected chi connectivity index (χ1v) is 15.0. The Morgan fingerprint density at radius 2 is 1.69 bits per heavy atom. The zero-order chi connectivity index (χ0) is 26.9. The molecule has 2 nitrogen and oxygen atoms in total. The first kappa shape index (κ1) is 28.0. The van der Waals surface area contributed by atoms with Crippen LogP contribution in [0.5, 0.6) is 0 Å². The summed E-state index contributed by atoms with van der Waals surface area (Å²) in [5.74, 6) is 2.71. The van der Waals surface area contributed by atoms with E-state index < -0.39 is 0 Å². The summed E-state index contributed by atoms with van der Waals surface area (Å²) in [6.07, 6.45) is 15.3. The quantitative estimate of drug-likeness (QED) is 0.280. The largest absolute Gasteiger partial charge is 0.462 e. The summed E-state index contributed by atoms with van der Waals surface area (Å²) in [6.45, 7) is 26.1. The molecule has 36 heavy (non-hydrogen) atoms. The highest BCUT2D eigenvalue weighted by molar-refractivity contribution is 5.66. The molecule has 0 heterocycles. The van der Waals surface area contributed by atoms with Crippen molar-refractivity contribution in [3.8, 4) is 0 Å². The first-order valence-electron chi connectivity index (χ1n) is 15.0. The van der Waals surface area contributed by atoms with Gasteiger partial charge in [-0.25, -0.2) is 0 Å². The number of hydrogen-bond donors (Lipinski definition) is 0. The third-order valence-corrected chi connectivity index (χ3v) is 12.3. The van der Waals surface area contributed by atoms with Crippen molar-refractivity contribution in [1.29, 1.82) is 0 Å². The molecule has 0 saturated heterocycles. The molecule has 0 aromatic rings. The molecule has 0 spiro atoms. The molecule has 0 aromatic carbocycles. The van der Waals surface area contributed by atoms with Crippen molar-refractivity contribution in [1.82, 2.24) is 0 Å². The fourth-order valence-corrected chi connectivity index (χ4v) is 10.9. The fraction of sp³-hybridized carbons (Fsp3) is 0.853. The lowest BCUT2D eigenvalue weighted by Crippen LogP contribution is -2.58. The van der Waals surface area contributed by atoms with E-state index in [9.17, 15) is 4.79 Å². The zero-order valence-corrected chi connectivity index (χ0v) is 25.5. The van der Waals surface area contributed by atoms with E-state index in [-0.39, 0.29) is 28.3 Å². The van der Waals surface area contributed by atoms with Crippen LogP contribution in [0.4, 0.5) is 0 Å². The van der Waals surface area contributed by atoms with Gasteiger partial charge in [0.25, 0.3) is 0 Å². The second-order valence-corrected chi connectivity index (χ2v) is 15.8. The summed E-state index contributed by atoms with van der Waals surface area (Å²) in [7, 11) is 0. The van der Waals surface area contributed by atoms with Gasteiger partial charge in [-0.15, -0.1) is 0 Å². The molecule has 2 heteroatoms. The average Bonchev–Trinajstić information content (AvgIpc) is 3.00. The Labute approximate surface area is 223 Å². The van der Waals surface area contributed by atoms with Crippen LogP contribution in [0, 0.1) is 50.7 Å². The molecule has 4 aliphatic carbocycles. The van der Waals surface area contributed by atoms with Crippen LogP contribution >= 0.6 is 0 Å². The van der Waals surface area contributed by atoms with E-state index in [0.29, 0.717) is 22.7 Å². The van der Waals surface area contributed by atoms with Crippen LogP contribution in [-0.4, -0.2) is 12.1 Å². The van der Waals surface area contributed by atoms with Gasteiger partial charge in [0.05, 0.1) is 0 Å². The monoisotopic (exact) mass is 496 g/mol. The van der Waals surface area contributed by atoms with Gasteiger partial charge >= 0.3 is 5.97 Å². The highest BCUT2D eigenvalue weighted by Gasteiger charge is 2.65. The van der Waals surface area contributed by atoms with Gasteiger partial charge in [-0.3, -0.25) is 4.79 Å². The lowest BCUT2D eigenvalue weighted by atomic mass is 9.41. The van der Waals surface area contributed by atoms with E-state index in [2.05, 4.69) is 81.4 Å². The summed E-state index contributed by atoms with van der Waals surface area (Å²) in [5, 5.41) is 0. The maximum Gasteiger partial charge on any atom is 0.302 e. The topological polar surface area (TPSA) is 26.3 Å². The fourth-order valence-electron chi connectivity index (χ4n) is 10.9. The minimum atomic E-state index is -0.121. The lowest BCUT2D eigenvalue weighted by Gasteiger charge is -2.64. The van der Waals surface area contributed by atoms with Crippen molar-refractivity contribution < 1.29 is 9.53 Å². The molecule has 4 rings (SSSR count). The van der Waals surface area contributed by atoms with E-state index in [0.717, 1.165) is 24.7 Å². The van der Waals surface area contributed by atoms with Gasteiger partial charge in [-0.05, 0) is 111 Å². The number of rotatable bonds is 5. The number of ether oxygens (including phenoxy) is 1. The van der Waals surface area contributed by atoms with Crippen molar-refractivity contribution in [3.63, 3.8) is 0 Å². The van der Waals surface area contributed by atoms with Gasteiger partial charge in [0.1, 0.15) is 6.10 Å². The third kappa shape index (κ3) is 4.25. The van der Waals surface area contributed by atoms with Crippen LogP contribution in [0.15, 0.2) is 23.3 Å². The summed E-state index contributed by atoms with van der Waals surface area (Å²) in [4.78, 5) is 11.9. The molecule has 4 aliphatic rings. The van der Waals surface area contributed by atoms with Crippen LogP contribution in [0.25, 0.3) is 0 Å². The van der Waals surface area contributed by atoms with Crippen molar-refractivity contribution in [2.45, 2.75) is 134 Å². The number of fused-ring (bicyclic) bond motifs is 5. The SMILES string of the molecule is CC(=O)O[C@H]1CC[C@]2(C)C3=CC[C@]4(C)C([C@@H](C)CC(C)(C)C=C(C)C)CC[C@@]4(C)C3CCC2C1(C)C. The first-order chi connectivity index (χ1) is 16.5. The van der Waals surface area contributed by atoms with E-state index in [4.69, 9.17) is 4.74 Å². The normalized spacial score (nSPS) is 42.4. The molecule has 3 fully saturated rings. The van der Waals surface area contributed by atoms with Crippen LogP contribution in [-0.2, 0) is 9.53 Å². The maximum atomic E-state index is 11.9. The number of hydrogen-bond acceptors (Lipinski definition) is 2. The lowest BCUT2D eigenvalue weighted by molar-refractivity contribution is -0.170.